The Morgan fingerprint density at radius 2 is 2.10 bits per heavy atom. The zero-order valence-corrected chi connectivity index (χ0v) is 13.9. The number of ether oxygens (including phenoxy) is 1. The molecule has 6 heteroatoms. The van der Waals surface area contributed by atoms with Crippen molar-refractivity contribution in [2.75, 3.05) is 11.9 Å². The lowest BCUT2D eigenvalue weighted by Crippen LogP contribution is -2.20. The van der Waals surface area contributed by atoms with E-state index in [1.165, 1.54) is 12.1 Å². The smallest absolute Gasteiger partial charge is 0.262 e. The van der Waals surface area contributed by atoms with Crippen molar-refractivity contribution in [1.82, 2.24) is 0 Å². The van der Waals surface area contributed by atoms with Crippen molar-refractivity contribution in [3.05, 3.63) is 56.3 Å². The van der Waals surface area contributed by atoms with E-state index in [-0.39, 0.29) is 12.3 Å². The van der Waals surface area contributed by atoms with Crippen molar-refractivity contribution in [3.63, 3.8) is 0 Å². The molecule has 3 nitrogen and oxygen atoms in total. The van der Waals surface area contributed by atoms with Gasteiger partial charge in [0.2, 0.25) is 0 Å². The maximum Gasteiger partial charge on any atom is 0.262 e. The van der Waals surface area contributed by atoms with E-state index < -0.39 is 11.7 Å². The van der Waals surface area contributed by atoms with E-state index in [1.807, 2.05) is 18.2 Å². The second-order valence-electron chi connectivity index (χ2n) is 3.92. The summed E-state index contributed by atoms with van der Waals surface area (Å²) in [5, 5.41) is 2.46. The summed E-state index contributed by atoms with van der Waals surface area (Å²) < 4.78 is 20.5. The first-order valence-corrected chi connectivity index (χ1v) is 7.55. The molecule has 0 fully saturated rings. The van der Waals surface area contributed by atoms with Crippen molar-refractivity contribution < 1.29 is 13.9 Å². The Morgan fingerprint density at radius 3 is 2.80 bits per heavy atom. The summed E-state index contributed by atoms with van der Waals surface area (Å²) in [5.74, 6) is -0.310. The number of benzene rings is 2. The minimum absolute atomic E-state index is 0.129. The monoisotopic (exact) mass is 449 g/mol. The summed E-state index contributed by atoms with van der Waals surface area (Å²) in [4.78, 5) is 11.7. The summed E-state index contributed by atoms with van der Waals surface area (Å²) in [7, 11) is 0. The Bertz CT molecular complexity index is 636. The SMILES string of the molecule is O=C(COc1cccc(I)c1)Nc1ccc(Br)cc1F. The third-order valence-electron chi connectivity index (χ3n) is 2.37. The highest BCUT2D eigenvalue weighted by Gasteiger charge is 2.08. The molecule has 0 aliphatic rings. The third kappa shape index (κ3) is 4.45. The molecule has 0 saturated carbocycles. The average Bonchev–Trinajstić information content (AvgIpc) is 2.40. The van der Waals surface area contributed by atoms with Crippen molar-refractivity contribution in [1.29, 1.82) is 0 Å². The van der Waals surface area contributed by atoms with Crippen molar-refractivity contribution >= 4 is 50.1 Å². The van der Waals surface area contributed by atoms with Crippen LogP contribution in [-0.2, 0) is 4.79 Å². The molecule has 1 N–H and O–H groups in total. The van der Waals surface area contributed by atoms with Gasteiger partial charge in [0.05, 0.1) is 5.69 Å². The molecule has 0 radical (unpaired) electrons. The zero-order valence-electron chi connectivity index (χ0n) is 10.2. The minimum atomic E-state index is -0.498. The molecule has 2 aromatic rings. The van der Waals surface area contributed by atoms with Crippen molar-refractivity contribution in [3.8, 4) is 5.75 Å². The van der Waals surface area contributed by atoms with E-state index in [9.17, 15) is 9.18 Å². The fourth-order valence-corrected chi connectivity index (χ4v) is 2.33. The number of amides is 1. The van der Waals surface area contributed by atoms with Crippen LogP contribution in [0.1, 0.15) is 0 Å². The summed E-state index contributed by atoms with van der Waals surface area (Å²) in [6.07, 6.45) is 0. The summed E-state index contributed by atoms with van der Waals surface area (Å²) in [5.41, 5.74) is 0.129. The number of hydrogen-bond donors (Lipinski definition) is 1. The summed E-state index contributed by atoms with van der Waals surface area (Å²) in [6, 6.07) is 11.8. The number of anilines is 1. The number of carbonyl (C=O) groups is 1. The lowest BCUT2D eigenvalue weighted by molar-refractivity contribution is -0.118. The first-order chi connectivity index (χ1) is 9.54. The molecule has 0 saturated heterocycles. The van der Waals surface area contributed by atoms with Crippen LogP contribution in [0.15, 0.2) is 46.9 Å². The van der Waals surface area contributed by atoms with E-state index in [0.717, 1.165) is 3.57 Å². The normalized spacial score (nSPS) is 10.2. The van der Waals surface area contributed by atoms with Gasteiger partial charge in [-0.25, -0.2) is 4.39 Å². The van der Waals surface area contributed by atoms with Crippen molar-refractivity contribution in [2.24, 2.45) is 0 Å². The van der Waals surface area contributed by atoms with E-state index in [1.54, 1.807) is 12.1 Å². The molecule has 2 aromatic carbocycles. The van der Waals surface area contributed by atoms with Gasteiger partial charge in [0, 0.05) is 8.04 Å². The van der Waals surface area contributed by atoms with E-state index in [4.69, 9.17) is 4.74 Å². The van der Waals surface area contributed by atoms with Gasteiger partial charge < -0.3 is 10.1 Å². The van der Waals surface area contributed by atoms with E-state index in [2.05, 4.69) is 43.8 Å². The maximum atomic E-state index is 13.5. The zero-order chi connectivity index (χ0) is 14.5. The van der Waals surface area contributed by atoms with Crippen LogP contribution in [0.5, 0.6) is 5.75 Å². The second kappa shape index (κ2) is 7.03. The van der Waals surface area contributed by atoms with Gasteiger partial charge in [-0.2, -0.15) is 0 Å². The van der Waals surface area contributed by atoms with Gasteiger partial charge in [-0.1, -0.05) is 22.0 Å². The van der Waals surface area contributed by atoms with Crippen LogP contribution >= 0.6 is 38.5 Å². The molecule has 2 rings (SSSR count). The molecular formula is C14H10BrFINO2. The van der Waals surface area contributed by atoms with Crippen LogP contribution in [0.25, 0.3) is 0 Å². The van der Waals surface area contributed by atoms with Crippen LogP contribution in [0, 0.1) is 9.39 Å². The van der Waals surface area contributed by atoms with E-state index in [0.29, 0.717) is 10.2 Å². The number of rotatable bonds is 4. The molecule has 20 heavy (non-hydrogen) atoms. The van der Waals surface area contributed by atoms with Crippen LogP contribution < -0.4 is 10.1 Å². The van der Waals surface area contributed by atoms with Gasteiger partial charge in [0.1, 0.15) is 11.6 Å². The fourth-order valence-electron chi connectivity index (χ4n) is 1.48. The minimum Gasteiger partial charge on any atom is -0.484 e. The summed E-state index contributed by atoms with van der Waals surface area (Å²) in [6.45, 7) is -0.171. The molecule has 0 aliphatic heterocycles. The molecule has 0 atom stereocenters. The van der Waals surface area contributed by atoms with Crippen LogP contribution in [0.3, 0.4) is 0 Å². The molecule has 0 heterocycles. The quantitative estimate of drug-likeness (QED) is 0.710. The third-order valence-corrected chi connectivity index (χ3v) is 3.54. The Morgan fingerprint density at radius 1 is 1.30 bits per heavy atom. The lowest BCUT2D eigenvalue weighted by atomic mass is 10.3. The number of halogens is 3. The number of hydrogen-bond acceptors (Lipinski definition) is 2. The Hall–Kier alpha value is -1.15. The first-order valence-electron chi connectivity index (χ1n) is 5.68. The van der Waals surface area contributed by atoms with Crippen LogP contribution in [-0.4, -0.2) is 12.5 Å². The molecular weight excluding hydrogens is 440 g/mol. The fraction of sp³-hybridized carbons (Fsp3) is 0.0714. The average molecular weight is 450 g/mol. The Kier molecular flexibility index (Phi) is 5.36. The molecule has 0 aliphatic carbocycles. The van der Waals surface area contributed by atoms with Crippen LogP contribution in [0.4, 0.5) is 10.1 Å². The standard InChI is InChI=1S/C14H10BrFINO2/c15-9-4-5-13(12(16)6-9)18-14(19)8-20-11-3-1-2-10(17)7-11/h1-7H,8H2,(H,18,19). The maximum absolute atomic E-state index is 13.5. The molecule has 104 valence electrons. The van der Waals surface area contributed by atoms with Crippen LogP contribution in [0.2, 0.25) is 0 Å². The number of nitrogens with one attached hydrogen (secondary N) is 1. The first kappa shape index (κ1) is 15.2. The highest BCUT2D eigenvalue weighted by Crippen LogP contribution is 2.19. The van der Waals surface area contributed by atoms with E-state index >= 15 is 0 Å². The van der Waals surface area contributed by atoms with Gasteiger partial charge in [0.15, 0.2) is 6.61 Å². The lowest BCUT2D eigenvalue weighted by Gasteiger charge is -2.08. The van der Waals surface area contributed by atoms with Gasteiger partial charge in [-0.3, -0.25) is 4.79 Å². The van der Waals surface area contributed by atoms with Gasteiger partial charge in [-0.05, 0) is 59.0 Å². The molecule has 1 amide bonds. The molecule has 0 unspecified atom stereocenters. The van der Waals surface area contributed by atoms with Gasteiger partial charge >= 0.3 is 0 Å². The molecule has 0 spiro atoms. The predicted octanol–water partition coefficient (Wildman–Crippen LogP) is 4.21. The van der Waals surface area contributed by atoms with Crippen molar-refractivity contribution in [2.45, 2.75) is 0 Å². The molecule has 0 aromatic heterocycles. The topological polar surface area (TPSA) is 38.3 Å². The Labute approximate surface area is 137 Å². The summed E-state index contributed by atoms with van der Waals surface area (Å²) >= 11 is 5.31. The van der Waals surface area contributed by atoms with Gasteiger partial charge in [0.25, 0.3) is 5.91 Å². The highest BCUT2D eigenvalue weighted by molar-refractivity contribution is 14.1. The van der Waals surface area contributed by atoms with Gasteiger partial charge in [-0.15, -0.1) is 0 Å². The molecule has 0 bridgehead atoms. The second-order valence-corrected chi connectivity index (χ2v) is 6.08. The Balaban J connectivity index is 1.92. The largest absolute Gasteiger partial charge is 0.484 e. The predicted molar refractivity (Wildman–Crippen MR) is 87.4 cm³/mol. The highest BCUT2D eigenvalue weighted by atomic mass is 127. The number of carbonyl (C=O) groups excluding carboxylic acids is 1.